The highest BCUT2D eigenvalue weighted by Crippen LogP contribution is 2.46. The maximum Gasteiger partial charge on any atom is 0.459 e. The third-order valence-corrected chi connectivity index (χ3v) is 6.94. The Kier molecular flexibility index (Phi) is 9.23. The lowest BCUT2D eigenvalue weighted by atomic mass is 9.99. The highest BCUT2D eigenvalue weighted by atomic mass is 31.2. The molecule has 0 radical (unpaired) electrons. The van der Waals surface area contributed by atoms with Gasteiger partial charge >= 0.3 is 19.4 Å². The van der Waals surface area contributed by atoms with E-state index in [1.165, 1.54) is 6.92 Å². The molecule has 4 N–H and O–H groups in total. The Bertz CT molecular complexity index is 1180. The number of benzene rings is 1. The Hall–Kier alpha value is -2.80. The SMILES string of the molecule is CC(C)OC(=O)[C@@H](C)NP(=O)(OC[C@H]1O[C@@H](n2ccc(=O)[nH]c2=O)[C@H](O)[C@@H]1CO)Oc1ccccc1. The zero-order chi connectivity index (χ0) is 26.5. The van der Waals surface area contributed by atoms with Crippen LogP contribution in [0.5, 0.6) is 5.75 Å². The fraction of sp³-hybridized carbons (Fsp3) is 0.500. The normalized spacial score (nSPS) is 24.3. The van der Waals surface area contributed by atoms with Crippen LogP contribution in [0.2, 0.25) is 0 Å². The van der Waals surface area contributed by atoms with Crippen molar-refractivity contribution in [2.75, 3.05) is 13.2 Å². The van der Waals surface area contributed by atoms with E-state index in [-0.39, 0.29) is 5.75 Å². The molecular weight excluding hydrogens is 497 g/mol. The van der Waals surface area contributed by atoms with Gasteiger partial charge in [0, 0.05) is 18.2 Å². The van der Waals surface area contributed by atoms with E-state index in [1.807, 2.05) is 0 Å². The molecule has 36 heavy (non-hydrogen) atoms. The van der Waals surface area contributed by atoms with Gasteiger partial charge in [0.05, 0.1) is 25.4 Å². The lowest BCUT2D eigenvalue weighted by molar-refractivity contribution is -0.149. The molecule has 0 saturated carbocycles. The maximum absolute atomic E-state index is 13.6. The van der Waals surface area contributed by atoms with Gasteiger partial charge in [-0.15, -0.1) is 0 Å². The molecule has 1 saturated heterocycles. The summed E-state index contributed by atoms with van der Waals surface area (Å²) in [6, 6.07) is 8.13. The van der Waals surface area contributed by atoms with Crippen LogP contribution in [-0.4, -0.2) is 63.3 Å². The zero-order valence-electron chi connectivity index (χ0n) is 20.0. The number of H-pyrrole nitrogens is 1. The number of esters is 1. The minimum Gasteiger partial charge on any atom is -0.462 e. The number of para-hydroxylation sites is 1. The zero-order valence-corrected chi connectivity index (χ0v) is 20.9. The first kappa shape index (κ1) is 27.8. The molecule has 1 aromatic heterocycles. The fourth-order valence-electron chi connectivity index (χ4n) is 3.54. The number of nitrogens with one attached hydrogen (secondary N) is 2. The molecule has 2 heterocycles. The second-order valence-corrected chi connectivity index (χ2v) is 10.1. The lowest BCUT2D eigenvalue weighted by Crippen LogP contribution is -2.37. The van der Waals surface area contributed by atoms with Crippen LogP contribution in [0, 0.1) is 5.92 Å². The Morgan fingerprint density at radius 3 is 2.53 bits per heavy atom. The van der Waals surface area contributed by atoms with Crippen molar-refractivity contribution in [3.63, 3.8) is 0 Å². The van der Waals surface area contributed by atoms with Crippen molar-refractivity contribution >= 4 is 13.7 Å². The smallest absolute Gasteiger partial charge is 0.459 e. The quantitative estimate of drug-likeness (QED) is 0.237. The summed E-state index contributed by atoms with van der Waals surface area (Å²) in [6.45, 7) is 3.78. The average molecular weight is 527 g/mol. The molecule has 3 rings (SSSR count). The predicted octanol–water partition coefficient (Wildman–Crippen LogP) is 0.537. The maximum atomic E-state index is 13.6. The summed E-state index contributed by atoms with van der Waals surface area (Å²) < 4.78 is 36.6. The fourth-order valence-corrected chi connectivity index (χ4v) is 5.05. The van der Waals surface area contributed by atoms with Crippen LogP contribution in [0.1, 0.15) is 27.0 Å². The van der Waals surface area contributed by atoms with Crippen molar-refractivity contribution in [1.82, 2.24) is 14.6 Å². The minimum atomic E-state index is -4.22. The highest BCUT2D eigenvalue weighted by Gasteiger charge is 2.46. The van der Waals surface area contributed by atoms with Gasteiger partial charge in [0.1, 0.15) is 17.9 Å². The number of carbonyl (C=O) groups excluding carboxylic acids is 1. The van der Waals surface area contributed by atoms with Gasteiger partial charge in [-0.25, -0.2) is 9.36 Å². The second-order valence-electron chi connectivity index (χ2n) is 8.45. The summed E-state index contributed by atoms with van der Waals surface area (Å²) >= 11 is 0. The number of aliphatic hydroxyl groups is 2. The van der Waals surface area contributed by atoms with Gasteiger partial charge in [-0.2, -0.15) is 5.09 Å². The molecule has 6 atom stereocenters. The standard InChI is InChI=1S/C22H30N3O10P/c1-13(2)33-21(29)14(3)24-36(31,35-15-7-5-4-6-8-15)32-12-17-16(11-26)19(28)20(34-17)25-10-9-18(27)23-22(25)30/h4-10,13-14,16-17,19-20,26,28H,11-12H2,1-3H3,(H,24,31)(H,23,27,30)/t14-,16-,17-,19-,20-,36?/m1/s1. The van der Waals surface area contributed by atoms with Crippen molar-refractivity contribution in [2.24, 2.45) is 5.92 Å². The summed E-state index contributed by atoms with van der Waals surface area (Å²) in [5.41, 5.74) is -1.44. The van der Waals surface area contributed by atoms with Gasteiger partial charge in [0.25, 0.3) is 5.56 Å². The third-order valence-electron chi connectivity index (χ3n) is 5.29. The Morgan fingerprint density at radius 2 is 1.92 bits per heavy atom. The number of hydrogen-bond acceptors (Lipinski definition) is 10. The van der Waals surface area contributed by atoms with Crippen LogP contribution in [0.4, 0.5) is 0 Å². The molecule has 1 fully saturated rings. The summed E-state index contributed by atoms with van der Waals surface area (Å²) in [5.74, 6) is -1.41. The van der Waals surface area contributed by atoms with E-state index in [9.17, 15) is 29.2 Å². The number of aromatic nitrogens is 2. The lowest BCUT2D eigenvalue weighted by Gasteiger charge is -2.25. The Balaban J connectivity index is 1.79. The first-order valence-electron chi connectivity index (χ1n) is 11.3. The molecule has 13 nitrogen and oxygen atoms in total. The van der Waals surface area contributed by atoms with Crippen LogP contribution >= 0.6 is 7.75 Å². The second kappa shape index (κ2) is 12.0. The predicted molar refractivity (Wildman–Crippen MR) is 126 cm³/mol. The highest BCUT2D eigenvalue weighted by molar-refractivity contribution is 7.52. The largest absolute Gasteiger partial charge is 0.462 e. The van der Waals surface area contributed by atoms with Gasteiger partial charge < -0.3 is 24.2 Å². The first-order valence-corrected chi connectivity index (χ1v) is 12.8. The number of rotatable bonds is 11. The summed E-state index contributed by atoms with van der Waals surface area (Å²) in [5, 5.41) is 23.0. The first-order chi connectivity index (χ1) is 17.0. The van der Waals surface area contributed by atoms with Crippen LogP contribution < -0.4 is 20.9 Å². The van der Waals surface area contributed by atoms with Crippen LogP contribution in [0.25, 0.3) is 0 Å². The van der Waals surface area contributed by atoms with Gasteiger partial charge in [-0.05, 0) is 32.9 Å². The number of hydrogen-bond donors (Lipinski definition) is 4. The third kappa shape index (κ3) is 6.90. The van der Waals surface area contributed by atoms with Crippen molar-refractivity contribution < 1.29 is 38.1 Å². The van der Waals surface area contributed by atoms with Crippen molar-refractivity contribution in [3.05, 3.63) is 63.4 Å². The Morgan fingerprint density at radius 1 is 1.22 bits per heavy atom. The number of aromatic amines is 1. The van der Waals surface area contributed by atoms with Gasteiger partial charge in [0.15, 0.2) is 6.23 Å². The number of nitrogens with zero attached hydrogens (tertiary/aromatic N) is 1. The van der Waals surface area contributed by atoms with E-state index < -0.39 is 74.7 Å². The molecule has 1 aromatic carbocycles. The van der Waals surface area contributed by atoms with Crippen LogP contribution in [0.3, 0.4) is 0 Å². The van der Waals surface area contributed by atoms with E-state index in [2.05, 4.69) is 10.1 Å². The van der Waals surface area contributed by atoms with Crippen molar-refractivity contribution in [2.45, 2.75) is 51.4 Å². The molecule has 0 spiro atoms. The van der Waals surface area contributed by atoms with Gasteiger partial charge in [-0.3, -0.25) is 23.7 Å². The molecule has 198 valence electrons. The van der Waals surface area contributed by atoms with Crippen molar-refractivity contribution in [1.29, 1.82) is 0 Å². The van der Waals surface area contributed by atoms with E-state index in [4.69, 9.17) is 18.5 Å². The summed E-state index contributed by atoms with van der Waals surface area (Å²) in [6.07, 6.45) is -2.87. The number of ether oxygens (including phenoxy) is 2. The van der Waals surface area contributed by atoms with E-state index in [1.54, 1.807) is 44.2 Å². The molecular formula is C22H30N3O10P. The Labute approximate surface area is 206 Å². The summed E-state index contributed by atoms with van der Waals surface area (Å²) in [4.78, 5) is 37.9. The monoisotopic (exact) mass is 527 g/mol. The van der Waals surface area contributed by atoms with E-state index in [0.717, 1.165) is 16.8 Å². The summed E-state index contributed by atoms with van der Waals surface area (Å²) in [7, 11) is -4.22. The molecule has 14 heteroatoms. The van der Waals surface area contributed by atoms with Crippen LogP contribution in [0.15, 0.2) is 52.2 Å². The van der Waals surface area contributed by atoms with Gasteiger partial charge in [-0.1, -0.05) is 18.2 Å². The molecule has 1 aliphatic heterocycles. The molecule has 0 aliphatic carbocycles. The van der Waals surface area contributed by atoms with Crippen molar-refractivity contribution in [3.8, 4) is 5.75 Å². The molecule has 0 bridgehead atoms. The van der Waals surface area contributed by atoms with E-state index in [0.29, 0.717) is 0 Å². The van der Waals surface area contributed by atoms with Gasteiger partial charge in [0.2, 0.25) is 0 Å². The topological polar surface area (TPSA) is 178 Å². The molecule has 1 unspecified atom stereocenters. The number of aliphatic hydroxyl groups excluding tert-OH is 2. The molecule has 1 aliphatic rings. The molecule has 2 aromatic rings. The number of carbonyl (C=O) groups is 1. The van der Waals surface area contributed by atoms with Crippen LogP contribution in [-0.2, 0) is 23.4 Å². The van der Waals surface area contributed by atoms with E-state index >= 15 is 0 Å². The minimum absolute atomic E-state index is 0.196. The molecule has 0 amide bonds. The average Bonchev–Trinajstić information content (AvgIpc) is 3.13.